The van der Waals surface area contributed by atoms with Gasteiger partial charge in [0.15, 0.2) is 11.5 Å². The summed E-state index contributed by atoms with van der Waals surface area (Å²) in [6.45, 7) is 0. The van der Waals surface area contributed by atoms with Crippen molar-refractivity contribution >= 4 is 15.9 Å². The van der Waals surface area contributed by atoms with Crippen LogP contribution in [0.3, 0.4) is 0 Å². The van der Waals surface area contributed by atoms with Crippen LogP contribution in [-0.4, -0.2) is 10.3 Å². The van der Waals surface area contributed by atoms with Gasteiger partial charge in [-0.05, 0) is 6.07 Å². The third kappa shape index (κ3) is 2.83. The summed E-state index contributed by atoms with van der Waals surface area (Å²) in [6.07, 6.45) is 2.09. The fraction of sp³-hybridized carbons (Fsp3) is 0.200. The van der Waals surface area contributed by atoms with Gasteiger partial charge in [-0.15, -0.1) is 0 Å². The van der Waals surface area contributed by atoms with Crippen molar-refractivity contribution in [2.45, 2.75) is 6.42 Å². The minimum atomic E-state index is -0.627. The van der Waals surface area contributed by atoms with Crippen LogP contribution in [0.1, 0.15) is 17.7 Å². The molecule has 0 unspecified atom stereocenters. The van der Waals surface area contributed by atoms with Crippen molar-refractivity contribution in [3.8, 4) is 17.9 Å². The SMILES string of the molecule is N#Cc1ncc(C#CCCBr)cc1F. The Labute approximate surface area is 89.9 Å². The first-order valence-electron chi connectivity index (χ1n) is 3.88. The van der Waals surface area contributed by atoms with Crippen LogP contribution in [0.5, 0.6) is 0 Å². The van der Waals surface area contributed by atoms with Crippen molar-refractivity contribution in [2.24, 2.45) is 0 Å². The van der Waals surface area contributed by atoms with Crippen molar-refractivity contribution in [1.29, 1.82) is 5.26 Å². The number of halogens is 2. The van der Waals surface area contributed by atoms with Gasteiger partial charge in [0.1, 0.15) is 6.07 Å². The van der Waals surface area contributed by atoms with Gasteiger partial charge in [-0.25, -0.2) is 9.37 Å². The van der Waals surface area contributed by atoms with Crippen LogP contribution in [0.25, 0.3) is 0 Å². The van der Waals surface area contributed by atoms with Crippen LogP contribution in [0.15, 0.2) is 12.3 Å². The van der Waals surface area contributed by atoms with Crippen molar-refractivity contribution in [3.05, 3.63) is 29.3 Å². The topological polar surface area (TPSA) is 36.7 Å². The Kier molecular flexibility index (Phi) is 4.10. The van der Waals surface area contributed by atoms with Crippen LogP contribution >= 0.6 is 15.9 Å². The van der Waals surface area contributed by atoms with Gasteiger partial charge in [-0.1, -0.05) is 27.8 Å². The highest BCUT2D eigenvalue weighted by molar-refractivity contribution is 9.09. The number of rotatable bonds is 1. The number of hydrogen-bond acceptors (Lipinski definition) is 2. The van der Waals surface area contributed by atoms with E-state index in [0.717, 1.165) is 5.33 Å². The van der Waals surface area contributed by atoms with Crippen LogP contribution < -0.4 is 0 Å². The van der Waals surface area contributed by atoms with E-state index in [4.69, 9.17) is 5.26 Å². The number of hydrogen-bond donors (Lipinski definition) is 0. The molecule has 0 amide bonds. The first-order chi connectivity index (χ1) is 6.77. The molecule has 0 aliphatic carbocycles. The van der Waals surface area contributed by atoms with E-state index in [2.05, 4.69) is 32.8 Å². The van der Waals surface area contributed by atoms with Crippen LogP contribution in [0.2, 0.25) is 0 Å². The molecular weight excluding hydrogens is 247 g/mol. The standard InChI is InChI=1S/C10H6BrFN2/c11-4-2-1-3-8-5-9(12)10(6-13)14-7-8/h5,7H,2,4H2. The molecule has 0 saturated carbocycles. The summed E-state index contributed by atoms with van der Waals surface area (Å²) < 4.78 is 13.0. The maximum atomic E-state index is 13.0. The molecule has 70 valence electrons. The zero-order chi connectivity index (χ0) is 10.4. The number of nitrogens with zero attached hydrogens (tertiary/aromatic N) is 2. The lowest BCUT2D eigenvalue weighted by molar-refractivity contribution is 0.616. The highest BCUT2D eigenvalue weighted by Gasteiger charge is 2.01. The van der Waals surface area contributed by atoms with Gasteiger partial charge < -0.3 is 0 Å². The third-order valence-corrected chi connectivity index (χ3v) is 1.80. The second-order valence-electron chi connectivity index (χ2n) is 2.41. The number of aromatic nitrogens is 1. The molecule has 0 N–H and O–H groups in total. The minimum absolute atomic E-state index is 0.198. The Morgan fingerprint density at radius 1 is 1.57 bits per heavy atom. The fourth-order valence-electron chi connectivity index (χ4n) is 0.800. The second-order valence-corrected chi connectivity index (χ2v) is 3.20. The highest BCUT2D eigenvalue weighted by atomic mass is 79.9. The van der Waals surface area contributed by atoms with Crippen molar-refractivity contribution in [3.63, 3.8) is 0 Å². The smallest absolute Gasteiger partial charge is 0.176 e. The van der Waals surface area contributed by atoms with E-state index < -0.39 is 5.82 Å². The Bertz CT molecular complexity index is 426. The summed E-state index contributed by atoms with van der Waals surface area (Å²) >= 11 is 3.22. The molecule has 0 aromatic carbocycles. The number of pyridine rings is 1. The molecule has 14 heavy (non-hydrogen) atoms. The van der Waals surface area contributed by atoms with Gasteiger partial charge in [-0.3, -0.25) is 0 Å². The molecule has 0 fully saturated rings. The Balaban J connectivity index is 2.89. The van der Waals surface area contributed by atoms with Crippen LogP contribution in [0.4, 0.5) is 4.39 Å². The maximum Gasteiger partial charge on any atom is 0.176 e. The van der Waals surface area contributed by atoms with Crippen molar-refractivity contribution in [1.82, 2.24) is 4.98 Å². The molecule has 1 aromatic rings. The molecular formula is C10H6BrFN2. The van der Waals surface area contributed by atoms with E-state index in [-0.39, 0.29) is 5.69 Å². The van der Waals surface area contributed by atoms with Gasteiger partial charge in [0, 0.05) is 23.5 Å². The Morgan fingerprint density at radius 2 is 2.36 bits per heavy atom. The van der Waals surface area contributed by atoms with Gasteiger partial charge >= 0.3 is 0 Å². The summed E-state index contributed by atoms with van der Waals surface area (Å²) in [6, 6.07) is 2.86. The zero-order valence-electron chi connectivity index (χ0n) is 7.22. The van der Waals surface area contributed by atoms with E-state index in [1.807, 2.05) is 0 Å². The molecule has 2 nitrogen and oxygen atoms in total. The molecule has 1 rings (SSSR count). The van der Waals surface area contributed by atoms with E-state index >= 15 is 0 Å². The average molecular weight is 253 g/mol. The summed E-state index contributed by atoms with van der Waals surface area (Å²) in [5.74, 6) is 4.95. The molecule has 0 radical (unpaired) electrons. The normalized spacial score (nSPS) is 8.64. The van der Waals surface area contributed by atoms with Crippen molar-refractivity contribution in [2.75, 3.05) is 5.33 Å². The molecule has 4 heteroatoms. The largest absolute Gasteiger partial charge is 0.241 e. The lowest BCUT2D eigenvalue weighted by Crippen LogP contribution is -1.90. The lowest BCUT2D eigenvalue weighted by Gasteiger charge is -1.92. The van der Waals surface area contributed by atoms with Crippen molar-refractivity contribution < 1.29 is 4.39 Å². The summed E-state index contributed by atoms with van der Waals surface area (Å²) in [7, 11) is 0. The van der Waals surface area contributed by atoms with E-state index in [9.17, 15) is 4.39 Å². The van der Waals surface area contributed by atoms with E-state index in [0.29, 0.717) is 12.0 Å². The molecule has 0 aliphatic heterocycles. The predicted molar refractivity (Wildman–Crippen MR) is 54.2 cm³/mol. The molecule has 0 saturated heterocycles. The first kappa shape index (κ1) is 10.7. The molecule has 0 aliphatic rings. The number of nitriles is 1. The van der Waals surface area contributed by atoms with E-state index in [1.54, 1.807) is 6.07 Å². The highest BCUT2D eigenvalue weighted by Crippen LogP contribution is 2.04. The molecule has 1 heterocycles. The minimum Gasteiger partial charge on any atom is -0.241 e. The Morgan fingerprint density at radius 3 is 2.93 bits per heavy atom. The summed E-state index contributed by atoms with van der Waals surface area (Å²) in [5.41, 5.74) is 0.290. The average Bonchev–Trinajstić information content (AvgIpc) is 2.18. The monoisotopic (exact) mass is 252 g/mol. The van der Waals surface area contributed by atoms with Crippen LogP contribution in [0, 0.1) is 29.0 Å². The zero-order valence-corrected chi connectivity index (χ0v) is 8.81. The second kappa shape index (κ2) is 5.36. The molecule has 0 bridgehead atoms. The maximum absolute atomic E-state index is 13.0. The quantitative estimate of drug-likeness (QED) is 0.568. The summed E-state index contributed by atoms with van der Waals surface area (Å²) in [4.78, 5) is 3.63. The molecule has 0 atom stereocenters. The fourth-order valence-corrected chi connectivity index (χ4v) is 0.999. The Hall–Kier alpha value is -1.39. The van der Waals surface area contributed by atoms with Gasteiger partial charge in [0.25, 0.3) is 0 Å². The molecule has 1 aromatic heterocycles. The summed E-state index contributed by atoms with van der Waals surface area (Å²) in [5, 5.41) is 9.21. The van der Waals surface area contributed by atoms with Gasteiger partial charge in [0.2, 0.25) is 0 Å². The third-order valence-electron chi connectivity index (χ3n) is 1.40. The van der Waals surface area contributed by atoms with Gasteiger partial charge in [-0.2, -0.15) is 5.26 Å². The first-order valence-corrected chi connectivity index (χ1v) is 5.00. The number of alkyl halides is 1. The van der Waals surface area contributed by atoms with E-state index in [1.165, 1.54) is 12.3 Å². The predicted octanol–water partition coefficient (Wildman–Crippen LogP) is 2.23. The van der Waals surface area contributed by atoms with Crippen LogP contribution in [-0.2, 0) is 0 Å². The lowest BCUT2D eigenvalue weighted by atomic mass is 10.2. The van der Waals surface area contributed by atoms with Gasteiger partial charge in [0.05, 0.1) is 0 Å². The molecule has 0 spiro atoms.